The summed E-state index contributed by atoms with van der Waals surface area (Å²) >= 11 is 0. The first kappa shape index (κ1) is 12.7. The minimum Gasteiger partial charge on any atom is -0.508 e. The van der Waals surface area contributed by atoms with Crippen molar-refractivity contribution in [3.05, 3.63) is 51.8 Å². The van der Waals surface area contributed by atoms with E-state index in [9.17, 15) is 19.8 Å². The summed E-state index contributed by atoms with van der Waals surface area (Å²) in [6, 6.07) is 6.75. The zero-order chi connectivity index (χ0) is 14.0. The summed E-state index contributed by atoms with van der Waals surface area (Å²) in [6.45, 7) is 1.73. The molecule has 19 heavy (non-hydrogen) atoms. The second kappa shape index (κ2) is 4.85. The van der Waals surface area contributed by atoms with Crippen LogP contribution in [0.25, 0.3) is 0 Å². The van der Waals surface area contributed by atoms with Gasteiger partial charge in [0.1, 0.15) is 5.75 Å². The first-order chi connectivity index (χ1) is 8.95. The zero-order valence-corrected chi connectivity index (χ0v) is 10.1. The number of H-pyrrole nitrogens is 1. The topological polar surface area (TPSA) is 102 Å². The van der Waals surface area contributed by atoms with Gasteiger partial charge in [0, 0.05) is 17.8 Å². The molecule has 98 valence electrons. The van der Waals surface area contributed by atoms with Crippen LogP contribution < -0.4 is 10.9 Å². The predicted molar refractivity (Wildman–Crippen MR) is 69.5 cm³/mol. The molecule has 0 fully saturated rings. The molecule has 1 amide bonds. The third-order valence-electron chi connectivity index (χ3n) is 2.55. The number of phenols is 1. The van der Waals surface area contributed by atoms with Crippen LogP contribution in [-0.4, -0.2) is 21.1 Å². The van der Waals surface area contributed by atoms with Crippen LogP contribution in [0.2, 0.25) is 0 Å². The van der Waals surface area contributed by atoms with Gasteiger partial charge < -0.3 is 15.5 Å². The molecule has 0 unspecified atom stereocenters. The summed E-state index contributed by atoms with van der Waals surface area (Å²) < 4.78 is 0. The summed E-state index contributed by atoms with van der Waals surface area (Å²) in [5.41, 5.74) is 0.686. The Hall–Kier alpha value is -2.76. The smallest absolute Gasteiger partial charge is 0.256 e. The molecule has 6 nitrogen and oxygen atoms in total. The van der Waals surface area contributed by atoms with E-state index in [1.54, 1.807) is 13.0 Å². The Kier molecular flexibility index (Phi) is 3.24. The van der Waals surface area contributed by atoms with Crippen molar-refractivity contribution in [1.82, 2.24) is 4.98 Å². The van der Waals surface area contributed by atoms with Gasteiger partial charge >= 0.3 is 0 Å². The number of aromatic hydroxyl groups is 2. The van der Waals surface area contributed by atoms with Crippen LogP contribution in [-0.2, 0) is 0 Å². The number of aromatic nitrogens is 1. The zero-order valence-electron chi connectivity index (χ0n) is 10.1. The highest BCUT2D eigenvalue weighted by Gasteiger charge is 2.10. The van der Waals surface area contributed by atoms with Crippen LogP contribution in [0.1, 0.15) is 15.9 Å². The fourth-order valence-electron chi connectivity index (χ4n) is 1.64. The number of aromatic amines is 1. The minimum absolute atomic E-state index is 0.0497. The van der Waals surface area contributed by atoms with E-state index in [0.29, 0.717) is 11.3 Å². The molecule has 6 heteroatoms. The van der Waals surface area contributed by atoms with Crippen LogP contribution in [0, 0.1) is 6.92 Å². The molecular weight excluding hydrogens is 248 g/mol. The molecule has 0 atom stereocenters. The Bertz CT molecular complexity index is 691. The Morgan fingerprint density at radius 2 is 1.95 bits per heavy atom. The highest BCUT2D eigenvalue weighted by Crippen LogP contribution is 2.20. The number of carbonyl (C=O) groups is 1. The molecule has 2 rings (SSSR count). The second-order valence-corrected chi connectivity index (χ2v) is 4.07. The predicted octanol–water partition coefficient (Wildman–Crippen LogP) is 1.35. The van der Waals surface area contributed by atoms with Crippen LogP contribution in [0.3, 0.4) is 0 Å². The van der Waals surface area contributed by atoms with Gasteiger partial charge in [0.15, 0.2) is 5.88 Å². The Labute approximate surface area is 108 Å². The van der Waals surface area contributed by atoms with E-state index in [1.165, 1.54) is 12.1 Å². The molecule has 0 spiro atoms. The lowest BCUT2D eigenvalue weighted by Gasteiger charge is -2.08. The number of rotatable bonds is 2. The normalized spacial score (nSPS) is 10.2. The molecule has 0 bridgehead atoms. The van der Waals surface area contributed by atoms with Crippen molar-refractivity contribution in [1.29, 1.82) is 0 Å². The number of anilines is 1. The van der Waals surface area contributed by atoms with Gasteiger partial charge in [-0.25, -0.2) is 0 Å². The van der Waals surface area contributed by atoms with Crippen molar-refractivity contribution in [3.63, 3.8) is 0 Å². The first-order valence-electron chi connectivity index (χ1n) is 5.50. The number of hydrogen-bond donors (Lipinski definition) is 4. The minimum atomic E-state index is -0.562. The third kappa shape index (κ3) is 2.92. The second-order valence-electron chi connectivity index (χ2n) is 4.07. The molecular formula is C13H12N2O4. The standard InChI is InChI=1S/C13H12N2O4/c1-7-4-9(16)2-3-10(7)14-13(19)8-5-11(17)15-12(18)6-8/h2-6,16H,1H3,(H,14,19)(H2,15,17,18). The molecule has 1 aromatic heterocycles. The summed E-state index contributed by atoms with van der Waals surface area (Å²) in [5.74, 6) is -0.792. The van der Waals surface area contributed by atoms with Crippen molar-refractivity contribution in [2.45, 2.75) is 6.92 Å². The molecule has 0 saturated heterocycles. The number of hydrogen-bond acceptors (Lipinski definition) is 4. The lowest BCUT2D eigenvalue weighted by Crippen LogP contribution is -2.16. The molecule has 0 aliphatic carbocycles. The van der Waals surface area contributed by atoms with Crippen molar-refractivity contribution < 1.29 is 15.0 Å². The maximum atomic E-state index is 11.9. The molecule has 1 aromatic carbocycles. The highest BCUT2D eigenvalue weighted by molar-refractivity contribution is 6.04. The highest BCUT2D eigenvalue weighted by atomic mass is 16.3. The van der Waals surface area contributed by atoms with Gasteiger partial charge in [-0.2, -0.15) is 0 Å². The summed E-state index contributed by atoms with van der Waals surface area (Å²) in [7, 11) is 0. The van der Waals surface area contributed by atoms with Gasteiger partial charge in [-0.15, -0.1) is 0 Å². The molecule has 0 saturated carbocycles. The van der Waals surface area contributed by atoms with E-state index >= 15 is 0 Å². The summed E-state index contributed by atoms with van der Waals surface area (Å²) in [6.07, 6.45) is 0. The van der Waals surface area contributed by atoms with Crippen LogP contribution in [0.5, 0.6) is 11.6 Å². The average molecular weight is 260 g/mol. The number of phenolic OH excluding ortho intramolecular Hbond substituents is 1. The van der Waals surface area contributed by atoms with E-state index < -0.39 is 11.5 Å². The van der Waals surface area contributed by atoms with Gasteiger partial charge in [0.2, 0.25) is 0 Å². The van der Waals surface area contributed by atoms with E-state index in [-0.39, 0.29) is 17.2 Å². The lowest BCUT2D eigenvalue weighted by atomic mass is 10.1. The number of benzene rings is 1. The van der Waals surface area contributed by atoms with E-state index in [1.807, 2.05) is 0 Å². The van der Waals surface area contributed by atoms with Crippen molar-refractivity contribution in [2.24, 2.45) is 0 Å². The monoisotopic (exact) mass is 260 g/mol. The number of nitrogens with one attached hydrogen (secondary N) is 2. The SMILES string of the molecule is Cc1cc(O)ccc1NC(=O)c1cc(O)[nH]c(=O)c1. The maximum Gasteiger partial charge on any atom is 0.256 e. The summed E-state index contributed by atoms with van der Waals surface area (Å²) in [4.78, 5) is 25.2. The Balaban J connectivity index is 2.28. The van der Waals surface area contributed by atoms with Gasteiger partial charge in [0.05, 0.1) is 5.56 Å². The van der Waals surface area contributed by atoms with E-state index in [4.69, 9.17) is 0 Å². The number of aryl methyl sites for hydroxylation is 1. The Morgan fingerprint density at radius 1 is 1.21 bits per heavy atom. The Morgan fingerprint density at radius 3 is 2.58 bits per heavy atom. The van der Waals surface area contributed by atoms with Crippen molar-refractivity contribution >= 4 is 11.6 Å². The molecule has 1 heterocycles. The molecule has 0 aliphatic rings. The molecule has 0 aliphatic heterocycles. The third-order valence-corrected chi connectivity index (χ3v) is 2.55. The quantitative estimate of drug-likeness (QED) is 0.612. The van der Waals surface area contributed by atoms with Crippen LogP contribution >= 0.6 is 0 Å². The van der Waals surface area contributed by atoms with Crippen LogP contribution in [0.15, 0.2) is 35.1 Å². The van der Waals surface area contributed by atoms with Gasteiger partial charge in [-0.1, -0.05) is 0 Å². The van der Waals surface area contributed by atoms with Gasteiger partial charge in [-0.3, -0.25) is 14.6 Å². The van der Waals surface area contributed by atoms with Crippen molar-refractivity contribution in [2.75, 3.05) is 5.32 Å². The largest absolute Gasteiger partial charge is 0.508 e. The first-order valence-corrected chi connectivity index (χ1v) is 5.50. The fourth-order valence-corrected chi connectivity index (χ4v) is 1.64. The molecule has 2 aromatic rings. The fraction of sp³-hybridized carbons (Fsp3) is 0.0769. The summed E-state index contributed by atoms with van der Waals surface area (Å²) in [5, 5.41) is 21.1. The average Bonchev–Trinajstić information content (AvgIpc) is 2.31. The molecule has 4 N–H and O–H groups in total. The maximum absolute atomic E-state index is 11.9. The van der Waals surface area contributed by atoms with E-state index in [2.05, 4.69) is 10.3 Å². The number of amides is 1. The number of pyridine rings is 1. The lowest BCUT2D eigenvalue weighted by molar-refractivity contribution is 0.102. The van der Waals surface area contributed by atoms with Crippen molar-refractivity contribution in [3.8, 4) is 11.6 Å². The van der Waals surface area contributed by atoms with E-state index in [0.717, 1.165) is 12.1 Å². The molecule has 0 radical (unpaired) electrons. The van der Waals surface area contributed by atoms with Crippen LogP contribution in [0.4, 0.5) is 5.69 Å². The van der Waals surface area contributed by atoms with Gasteiger partial charge in [0.25, 0.3) is 11.5 Å². The number of carbonyl (C=O) groups excluding carboxylic acids is 1. The van der Waals surface area contributed by atoms with Gasteiger partial charge in [-0.05, 0) is 30.7 Å².